The summed E-state index contributed by atoms with van der Waals surface area (Å²) < 4.78 is 1.09. The zero-order chi connectivity index (χ0) is 11.4. The Morgan fingerprint density at radius 1 is 1.19 bits per heavy atom. The average Bonchev–Trinajstić information content (AvgIpc) is 2.32. The van der Waals surface area contributed by atoms with Crippen LogP contribution in [-0.4, -0.2) is 4.98 Å². The number of aryl methyl sites for hydroxylation is 1. The molecule has 0 unspecified atom stereocenters. The lowest BCUT2D eigenvalue weighted by molar-refractivity contribution is 1.12. The molecule has 1 N–H and O–H groups in total. The Kier molecular flexibility index (Phi) is 3.57. The summed E-state index contributed by atoms with van der Waals surface area (Å²) in [6.45, 7) is 2.92. The van der Waals surface area contributed by atoms with E-state index in [0.717, 1.165) is 16.7 Å². The van der Waals surface area contributed by atoms with Crippen molar-refractivity contribution in [1.29, 1.82) is 0 Å². The van der Waals surface area contributed by atoms with Crippen molar-refractivity contribution in [2.24, 2.45) is 0 Å². The van der Waals surface area contributed by atoms with Crippen LogP contribution in [0.25, 0.3) is 0 Å². The van der Waals surface area contributed by atoms with E-state index in [2.05, 4.69) is 45.3 Å². The zero-order valence-corrected chi connectivity index (χ0v) is 10.7. The van der Waals surface area contributed by atoms with Crippen molar-refractivity contribution < 1.29 is 0 Å². The molecule has 3 heteroatoms. The molecule has 0 fully saturated rings. The van der Waals surface area contributed by atoms with E-state index in [1.165, 1.54) is 11.1 Å². The van der Waals surface area contributed by atoms with E-state index in [-0.39, 0.29) is 0 Å². The van der Waals surface area contributed by atoms with Gasteiger partial charge in [-0.3, -0.25) is 4.98 Å². The Morgan fingerprint density at radius 2 is 1.94 bits per heavy atom. The van der Waals surface area contributed by atoms with Gasteiger partial charge in [0.1, 0.15) is 0 Å². The van der Waals surface area contributed by atoms with Crippen LogP contribution in [0.5, 0.6) is 0 Å². The van der Waals surface area contributed by atoms with Crippen LogP contribution >= 0.6 is 15.9 Å². The Bertz CT molecular complexity index is 469. The maximum absolute atomic E-state index is 4.00. The molecule has 1 aromatic carbocycles. The molecule has 2 aromatic rings. The minimum absolute atomic E-state index is 0.819. The molecule has 0 aliphatic carbocycles. The number of halogens is 1. The third kappa shape index (κ3) is 2.83. The normalized spacial score (nSPS) is 10.1. The quantitative estimate of drug-likeness (QED) is 0.923. The number of benzene rings is 1. The second-order valence-corrected chi connectivity index (χ2v) is 4.58. The highest BCUT2D eigenvalue weighted by atomic mass is 79.9. The summed E-state index contributed by atoms with van der Waals surface area (Å²) >= 11 is 3.47. The number of pyridine rings is 1. The fourth-order valence-corrected chi connectivity index (χ4v) is 1.84. The molecule has 0 amide bonds. The van der Waals surface area contributed by atoms with Gasteiger partial charge in [-0.25, -0.2) is 0 Å². The Morgan fingerprint density at radius 3 is 2.69 bits per heavy atom. The van der Waals surface area contributed by atoms with Crippen LogP contribution in [0.1, 0.15) is 11.1 Å². The molecule has 0 saturated heterocycles. The summed E-state index contributed by atoms with van der Waals surface area (Å²) in [4.78, 5) is 4.00. The molecular weight excluding hydrogens is 264 g/mol. The van der Waals surface area contributed by atoms with E-state index >= 15 is 0 Å². The minimum atomic E-state index is 0.819. The van der Waals surface area contributed by atoms with E-state index < -0.39 is 0 Å². The van der Waals surface area contributed by atoms with Gasteiger partial charge in [0.2, 0.25) is 0 Å². The molecule has 82 valence electrons. The highest BCUT2D eigenvalue weighted by Crippen LogP contribution is 2.21. The van der Waals surface area contributed by atoms with Crippen molar-refractivity contribution in [3.8, 4) is 0 Å². The van der Waals surface area contributed by atoms with Gasteiger partial charge in [0.05, 0.1) is 0 Å². The number of nitrogens with zero attached hydrogens (tertiary/aromatic N) is 1. The molecule has 0 saturated carbocycles. The van der Waals surface area contributed by atoms with Gasteiger partial charge in [-0.05, 0) is 42.3 Å². The molecule has 1 aromatic heterocycles. The second kappa shape index (κ2) is 5.12. The van der Waals surface area contributed by atoms with E-state index in [4.69, 9.17) is 0 Å². The zero-order valence-electron chi connectivity index (χ0n) is 9.07. The van der Waals surface area contributed by atoms with Crippen LogP contribution in [0.2, 0.25) is 0 Å². The lowest BCUT2D eigenvalue weighted by Gasteiger charge is -2.09. The highest BCUT2D eigenvalue weighted by Gasteiger charge is 1.98. The Labute approximate surface area is 104 Å². The molecule has 0 aliphatic rings. The highest BCUT2D eigenvalue weighted by molar-refractivity contribution is 9.10. The van der Waals surface area contributed by atoms with Gasteiger partial charge >= 0.3 is 0 Å². The predicted octanol–water partition coefficient (Wildman–Crippen LogP) is 3.76. The molecule has 0 bridgehead atoms. The average molecular weight is 277 g/mol. The van der Waals surface area contributed by atoms with E-state index in [1.807, 2.05) is 30.6 Å². The summed E-state index contributed by atoms with van der Waals surface area (Å²) in [7, 11) is 0. The Balaban J connectivity index is 2.08. The number of hydrogen-bond acceptors (Lipinski definition) is 2. The van der Waals surface area contributed by atoms with Crippen molar-refractivity contribution in [2.45, 2.75) is 13.5 Å². The second-order valence-electron chi connectivity index (χ2n) is 3.67. The summed E-state index contributed by atoms with van der Waals surface area (Å²) in [6.07, 6.45) is 3.62. The van der Waals surface area contributed by atoms with E-state index in [1.54, 1.807) is 0 Å². The fraction of sp³-hybridized carbons (Fsp3) is 0.154. The molecule has 16 heavy (non-hydrogen) atoms. The molecule has 0 radical (unpaired) electrons. The van der Waals surface area contributed by atoms with Crippen LogP contribution in [-0.2, 0) is 6.54 Å². The monoisotopic (exact) mass is 276 g/mol. The first-order chi connectivity index (χ1) is 7.75. The summed E-state index contributed by atoms with van der Waals surface area (Å²) in [5, 5.41) is 3.41. The van der Waals surface area contributed by atoms with E-state index in [0.29, 0.717) is 0 Å². The third-order valence-electron chi connectivity index (χ3n) is 2.43. The summed E-state index contributed by atoms with van der Waals surface area (Å²) in [5.41, 5.74) is 3.64. The first-order valence-electron chi connectivity index (χ1n) is 5.14. The largest absolute Gasteiger partial charge is 0.381 e. The van der Waals surface area contributed by atoms with Crippen LogP contribution in [0, 0.1) is 6.92 Å². The molecular formula is C13H13BrN2. The molecule has 2 rings (SSSR count). The van der Waals surface area contributed by atoms with Gasteiger partial charge in [-0.15, -0.1) is 0 Å². The van der Waals surface area contributed by atoms with Crippen molar-refractivity contribution in [2.75, 3.05) is 5.32 Å². The first-order valence-corrected chi connectivity index (χ1v) is 5.94. The Hall–Kier alpha value is -1.35. The number of anilines is 1. The molecule has 0 spiro atoms. The van der Waals surface area contributed by atoms with Crippen LogP contribution in [0.4, 0.5) is 5.69 Å². The topological polar surface area (TPSA) is 24.9 Å². The van der Waals surface area contributed by atoms with Crippen molar-refractivity contribution in [3.63, 3.8) is 0 Å². The summed E-state index contributed by atoms with van der Waals surface area (Å²) in [5.74, 6) is 0. The number of hydrogen-bond donors (Lipinski definition) is 1. The summed E-state index contributed by atoms with van der Waals surface area (Å²) in [6, 6.07) is 10.3. The van der Waals surface area contributed by atoms with E-state index in [9.17, 15) is 0 Å². The minimum Gasteiger partial charge on any atom is -0.381 e. The van der Waals surface area contributed by atoms with Crippen LogP contribution < -0.4 is 5.32 Å². The van der Waals surface area contributed by atoms with Gasteiger partial charge in [0.15, 0.2) is 0 Å². The molecule has 0 atom stereocenters. The molecule has 0 aliphatic heterocycles. The first kappa shape index (κ1) is 11.1. The number of nitrogens with one attached hydrogen (secondary N) is 1. The van der Waals surface area contributed by atoms with Crippen molar-refractivity contribution >= 4 is 21.6 Å². The van der Waals surface area contributed by atoms with Gasteiger partial charge in [-0.2, -0.15) is 0 Å². The predicted molar refractivity (Wildman–Crippen MR) is 70.4 cm³/mol. The smallest absolute Gasteiger partial charge is 0.0402 e. The maximum Gasteiger partial charge on any atom is 0.0402 e. The third-order valence-corrected chi connectivity index (χ3v) is 2.93. The maximum atomic E-state index is 4.00. The van der Waals surface area contributed by atoms with Crippen LogP contribution in [0.15, 0.2) is 47.2 Å². The number of rotatable bonds is 3. The van der Waals surface area contributed by atoms with Gasteiger partial charge in [0.25, 0.3) is 0 Å². The molecule has 2 nitrogen and oxygen atoms in total. The standard InChI is InChI=1S/C13H13BrN2/c1-10-2-3-12(14)8-13(10)16-9-11-4-6-15-7-5-11/h2-8,16H,9H2,1H3. The lowest BCUT2D eigenvalue weighted by Crippen LogP contribution is -2.00. The molecule has 1 heterocycles. The van der Waals surface area contributed by atoms with Gasteiger partial charge < -0.3 is 5.32 Å². The number of aromatic nitrogens is 1. The lowest BCUT2D eigenvalue weighted by atomic mass is 10.2. The van der Waals surface area contributed by atoms with Crippen LogP contribution in [0.3, 0.4) is 0 Å². The fourth-order valence-electron chi connectivity index (χ4n) is 1.48. The van der Waals surface area contributed by atoms with Crippen molar-refractivity contribution in [1.82, 2.24) is 4.98 Å². The van der Waals surface area contributed by atoms with Gasteiger partial charge in [-0.1, -0.05) is 22.0 Å². The van der Waals surface area contributed by atoms with Crippen molar-refractivity contribution in [3.05, 3.63) is 58.3 Å². The SMILES string of the molecule is Cc1ccc(Br)cc1NCc1ccncc1. The van der Waals surface area contributed by atoms with Gasteiger partial charge in [0, 0.05) is 29.1 Å².